The van der Waals surface area contributed by atoms with Crippen molar-refractivity contribution in [1.82, 2.24) is 10.7 Å². The molecular formula is C26H34N4O6. The molecule has 0 atom stereocenters. The summed E-state index contributed by atoms with van der Waals surface area (Å²) < 4.78 is 16.3. The van der Waals surface area contributed by atoms with Crippen LogP contribution in [-0.4, -0.2) is 56.9 Å². The molecule has 0 aliphatic carbocycles. The molecule has 0 fully saturated rings. The average molecular weight is 499 g/mol. The third kappa shape index (κ3) is 9.75. The second-order valence-electron chi connectivity index (χ2n) is 7.99. The fraction of sp³-hybridized carbons (Fsp3) is 0.385. The Kier molecular flexibility index (Phi) is 11.9. The Labute approximate surface area is 211 Å². The molecule has 3 N–H and O–H groups in total. The molecule has 3 amide bonds. The molecule has 36 heavy (non-hydrogen) atoms. The highest BCUT2D eigenvalue weighted by Crippen LogP contribution is 2.27. The van der Waals surface area contributed by atoms with Crippen molar-refractivity contribution in [3.63, 3.8) is 0 Å². The third-order valence-electron chi connectivity index (χ3n) is 4.86. The van der Waals surface area contributed by atoms with Gasteiger partial charge in [-0.25, -0.2) is 5.43 Å². The monoisotopic (exact) mass is 498 g/mol. The number of benzene rings is 2. The van der Waals surface area contributed by atoms with Gasteiger partial charge in [-0.3, -0.25) is 14.4 Å². The van der Waals surface area contributed by atoms with Gasteiger partial charge < -0.3 is 24.8 Å². The normalized spacial score (nSPS) is 10.8. The Morgan fingerprint density at radius 2 is 1.83 bits per heavy atom. The topological polar surface area (TPSA) is 127 Å². The summed E-state index contributed by atoms with van der Waals surface area (Å²) in [5.41, 5.74) is 4.55. The van der Waals surface area contributed by atoms with Crippen molar-refractivity contribution in [2.24, 2.45) is 5.10 Å². The van der Waals surface area contributed by atoms with E-state index in [0.29, 0.717) is 36.6 Å². The van der Waals surface area contributed by atoms with Crippen LogP contribution in [-0.2, 0) is 25.5 Å². The molecule has 2 aromatic rings. The second-order valence-corrected chi connectivity index (χ2v) is 7.99. The van der Waals surface area contributed by atoms with Crippen LogP contribution in [0.3, 0.4) is 0 Å². The number of nitrogens with zero attached hydrogens (tertiary/aromatic N) is 1. The number of aryl methyl sites for hydroxylation is 1. The Balaban J connectivity index is 1.83. The molecule has 194 valence electrons. The Morgan fingerprint density at radius 1 is 1.06 bits per heavy atom. The standard InChI is InChI=1S/C26H34N4O6/c1-5-20-9-6-7-10-21(20)29-24(31)17-36-22-12-11-19(15-23(22)34-4)16-28-30-26(33)25(32)27-13-8-14-35-18(2)3/h6-7,9-12,15-16,18H,5,8,13-14,17H2,1-4H3,(H,27,32)(H,29,31)(H,30,33)/b28-16-. The average Bonchev–Trinajstić information content (AvgIpc) is 2.87. The van der Waals surface area contributed by atoms with Gasteiger partial charge in [-0.15, -0.1) is 0 Å². The number of nitrogens with one attached hydrogen (secondary N) is 3. The van der Waals surface area contributed by atoms with Crippen molar-refractivity contribution >= 4 is 29.6 Å². The van der Waals surface area contributed by atoms with E-state index in [9.17, 15) is 14.4 Å². The van der Waals surface area contributed by atoms with Gasteiger partial charge in [0.05, 0.1) is 19.4 Å². The van der Waals surface area contributed by atoms with Crippen molar-refractivity contribution in [3.8, 4) is 11.5 Å². The maximum atomic E-state index is 12.3. The van der Waals surface area contributed by atoms with Crippen LogP contribution in [0.25, 0.3) is 0 Å². The smallest absolute Gasteiger partial charge is 0.329 e. The van der Waals surface area contributed by atoms with Crippen molar-refractivity contribution in [3.05, 3.63) is 53.6 Å². The predicted octanol–water partition coefficient (Wildman–Crippen LogP) is 2.66. The van der Waals surface area contributed by atoms with Gasteiger partial charge in [0.1, 0.15) is 0 Å². The quantitative estimate of drug-likeness (QED) is 0.169. The van der Waals surface area contributed by atoms with E-state index in [1.54, 1.807) is 18.2 Å². The Morgan fingerprint density at radius 3 is 2.56 bits per heavy atom. The minimum atomic E-state index is -0.876. The van der Waals surface area contributed by atoms with Crippen LogP contribution < -0.4 is 25.5 Å². The number of hydrogen-bond acceptors (Lipinski definition) is 7. The van der Waals surface area contributed by atoms with Gasteiger partial charge in [0, 0.05) is 18.8 Å². The lowest BCUT2D eigenvalue weighted by Gasteiger charge is -2.13. The van der Waals surface area contributed by atoms with Gasteiger partial charge in [-0.1, -0.05) is 25.1 Å². The number of carbonyl (C=O) groups is 3. The van der Waals surface area contributed by atoms with E-state index >= 15 is 0 Å². The first-order valence-corrected chi connectivity index (χ1v) is 11.8. The molecule has 0 aromatic heterocycles. The molecule has 0 saturated heterocycles. The lowest BCUT2D eigenvalue weighted by atomic mass is 10.1. The van der Waals surface area contributed by atoms with E-state index in [1.807, 2.05) is 45.0 Å². The zero-order chi connectivity index (χ0) is 26.3. The molecule has 0 aliphatic rings. The van der Waals surface area contributed by atoms with Crippen molar-refractivity contribution in [1.29, 1.82) is 0 Å². The van der Waals surface area contributed by atoms with Crippen molar-refractivity contribution < 1.29 is 28.6 Å². The van der Waals surface area contributed by atoms with Gasteiger partial charge in [0.2, 0.25) is 0 Å². The van der Waals surface area contributed by atoms with Crippen LogP contribution in [0.15, 0.2) is 47.6 Å². The molecule has 0 heterocycles. The molecule has 0 radical (unpaired) electrons. The van der Waals surface area contributed by atoms with E-state index in [0.717, 1.165) is 17.7 Å². The van der Waals surface area contributed by atoms with E-state index in [-0.39, 0.29) is 18.6 Å². The van der Waals surface area contributed by atoms with Crippen LogP contribution in [0.4, 0.5) is 5.69 Å². The summed E-state index contributed by atoms with van der Waals surface area (Å²) in [6.07, 6.45) is 2.88. The number of rotatable bonds is 13. The Hall–Kier alpha value is -3.92. The predicted molar refractivity (Wildman–Crippen MR) is 137 cm³/mol. The summed E-state index contributed by atoms with van der Waals surface area (Å²) in [5, 5.41) is 9.15. The number of carbonyl (C=O) groups excluding carboxylic acids is 3. The number of anilines is 1. The fourth-order valence-corrected chi connectivity index (χ4v) is 3.05. The molecule has 0 unspecified atom stereocenters. The first kappa shape index (κ1) is 28.3. The number of hydrazone groups is 1. The summed E-state index contributed by atoms with van der Waals surface area (Å²) in [6, 6.07) is 12.5. The minimum Gasteiger partial charge on any atom is -0.493 e. The molecule has 10 heteroatoms. The number of hydrogen-bond donors (Lipinski definition) is 3. The highest BCUT2D eigenvalue weighted by molar-refractivity contribution is 6.35. The lowest BCUT2D eigenvalue weighted by molar-refractivity contribution is -0.139. The lowest BCUT2D eigenvalue weighted by Crippen LogP contribution is -2.38. The number of para-hydroxylation sites is 1. The first-order chi connectivity index (χ1) is 17.3. The van der Waals surface area contributed by atoms with Gasteiger partial charge in [-0.05, 0) is 62.1 Å². The summed E-state index contributed by atoms with van der Waals surface area (Å²) in [6.45, 7) is 6.49. The Bertz CT molecular complexity index is 1050. The van der Waals surface area contributed by atoms with E-state index < -0.39 is 11.8 Å². The van der Waals surface area contributed by atoms with Crippen molar-refractivity contribution in [2.45, 2.75) is 39.7 Å². The van der Waals surface area contributed by atoms with Gasteiger partial charge >= 0.3 is 11.8 Å². The number of amides is 3. The summed E-state index contributed by atoms with van der Waals surface area (Å²) in [5.74, 6) is -1.19. The largest absolute Gasteiger partial charge is 0.493 e. The molecule has 2 rings (SSSR count). The van der Waals surface area contributed by atoms with E-state index in [1.165, 1.54) is 13.3 Å². The van der Waals surface area contributed by atoms with Gasteiger partial charge in [0.15, 0.2) is 18.1 Å². The zero-order valence-electron chi connectivity index (χ0n) is 21.1. The highest BCUT2D eigenvalue weighted by atomic mass is 16.5. The van der Waals surface area contributed by atoms with Crippen LogP contribution in [0, 0.1) is 0 Å². The minimum absolute atomic E-state index is 0.116. The van der Waals surface area contributed by atoms with Crippen LogP contribution in [0.5, 0.6) is 11.5 Å². The molecular weight excluding hydrogens is 464 g/mol. The van der Waals surface area contributed by atoms with Crippen molar-refractivity contribution in [2.75, 3.05) is 32.2 Å². The molecule has 0 saturated carbocycles. The SMILES string of the molecule is CCc1ccccc1NC(=O)COc1ccc(/C=N\NC(=O)C(=O)NCCCOC(C)C)cc1OC. The zero-order valence-corrected chi connectivity index (χ0v) is 21.1. The van der Waals surface area contributed by atoms with E-state index in [4.69, 9.17) is 14.2 Å². The second kappa shape index (κ2) is 15.2. The third-order valence-corrected chi connectivity index (χ3v) is 4.86. The van der Waals surface area contributed by atoms with Crippen LogP contribution in [0.2, 0.25) is 0 Å². The molecule has 10 nitrogen and oxygen atoms in total. The summed E-state index contributed by atoms with van der Waals surface area (Å²) >= 11 is 0. The van der Waals surface area contributed by atoms with Crippen LogP contribution >= 0.6 is 0 Å². The summed E-state index contributed by atoms with van der Waals surface area (Å²) in [7, 11) is 1.47. The summed E-state index contributed by atoms with van der Waals surface area (Å²) in [4.78, 5) is 36.0. The molecule has 0 spiro atoms. The van der Waals surface area contributed by atoms with Crippen LogP contribution in [0.1, 0.15) is 38.3 Å². The van der Waals surface area contributed by atoms with Gasteiger partial charge in [0.25, 0.3) is 5.91 Å². The van der Waals surface area contributed by atoms with E-state index in [2.05, 4.69) is 21.2 Å². The van der Waals surface area contributed by atoms with Gasteiger partial charge in [-0.2, -0.15) is 5.10 Å². The first-order valence-electron chi connectivity index (χ1n) is 11.8. The molecule has 0 bridgehead atoms. The maximum absolute atomic E-state index is 12.3. The fourth-order valence-electron chi connectivity index (χ4n) is 3.05. The molecule has 0 aliphatic heterocycles. The number of methoxy groups -OCH3 is 1. The highest BCUT2D eigenvalue weighted by Gasteiger charge is 2.12. The number of ether oxygens (including phenoxy) is 3. The maximum Gasteiger partial charge on any atom is 0.329 e. The molecule has 2 aromatic carbocycles.